The minimum Gasteiger partial charge on any atom is -0.486 e. The molecule has 2 heterocycles. The molecule has 2 unspecified atom stereocenters. The van der Waals surface area contributed by atoms with E-state index in [9.17, 15) is 4.39 Å². The molecule has 2 aromatic rings. The largest absolute Gasteiger partial charge is 0.486 e. The topological polar surface area (TPSA) is 59.5 Å². The molecule has 7 heteroatoms. The SMILES string of the molecule is CC(CNc1cncc(N2CCCC(OC3CCC3)C2)n1)Oc1ccccc1F. The van der Waals surface area contributed by atoms with Gasteiger partial charge in [-0.05, 0) is 51.2 Å². The van der Waals surface area contributed by atoms with Crippen LogP contribution in [0.15, 0.2) is 36.7 Å². The van der Waals surface area contributed by atoms with Gasteiger partial charge in [-0.2, -0.15) is 0 Å². The summed E-state index contributed by atoms with van der Waals surface area (Å²) in [4.78, 5) is 11.3. The van der Waals surface area contributed by atoms with Crippen LogP contribution >= 0.6 is 0 Å². The number of ether oxygens (including phenoxy) is 2. The molecule has 2 atom stereocenters. The molecule has 0 amide bonds. The number of para-hydroxylation sites is 1. The molecule has 156 valence electrons. The average Bonchev–Trinajstić information content (AvgIpc) is 2.71. The smallest absolute Gasteiger partial charge is 0.165 e. The first-order chi connectivity index (χ1) is 14.2. The molecule has 0 bridgehead atoms. The van der Waals surface area contributed by atoms with E-state index in [0.717, 1.165) is 31.7 Å². The number of anilines is 2. The van der Waals surface area contributed by atoms with Gasteiger partial charge in [-0.3, -0.25) is 4.98 Å². The fraction of sp³-hybridized carbons (Fsp3) is 0.545. The van der Waals surface area contributed by atoms with Crippen LogP contribution in [0.1, 0.15) is 39.0 Å². The van der Waals surface area contributed by atoms with Gasteiger partial charge in [-0.1, -0.05) is 12.1 Å². The van der Waals surface area contributed by atoms with Crippen molar-refractivity contribution < 1.29 is 13.9 Å². The van der Waals surface area contributed by atoms with Gasteiger partial charge >= 0.3 is 0 Å². The third-order valence-electron chi connectivity index (χ3n) is 5.50. The Labute approximate surface area is 171 Å². The molecule has 1 aliphatic heterocycles. The molecule has 6 nitrogen and oxygen atoms in total. The lowest BCUT2D eigenvalue weighted by molar-refractivity contribution is -0.0551. The summed E-state index contributed by atoms with van der Waals surface area (Å²) in [5, 5.41) is 3.25. The highest BCUT2D eigenvalue weighted by atomic mass is 19.1. The quantitative estimate of drug-likeness (QED) is 0.722. The Morgan fingerprint density at radius 1 is 1.17 bits per heavy atom. The zero-order chi connectivity index (χ0) is 20.1. The average molecular weight is 400 g/mol. The van der Waals surface area contributed by atoms with E-state index in [4.69, 9.17) is 14.5 Å². The summed E-state index contributed by atoms with van der Waals surface area (Å²) < 4.78 is 25.6. The van der Waals surface area contributed by atoms with Crippen LogP contribution in [-0.2, 0) is 4.74 Å². The zero-order valence-electron chi connectivity index (χ0n) is 16.9. The Bertz CT molecular complexity index is 802. The Hall–Kier alpha value is -2.41. The van der Waals surface area contributed by atoms with Crippen molar-refractivity contribution in [1.82, 2.24) is 9.97 Å². The minimum atomic E-state index is -0.357. The second-order valence-electron chi connectivity index (χ2n) is 7.90. The number of hydrogen-bond donors (Lipinski definition) is 1. The second kappa shape index (κ2) is 9.39. The van der Waals surface area contributed by atoms with Crippen molar-refractivity contribution in [2.24, 2.45) is 0 Å². The molecule has 0 spiro atoms. The molecular weight excluding hydrogens is 371 g/mol. The zero-order valence-corrected chi connectivity index (χ0v) is 16.9. The lowest BCUT2D eigenvalue weighted by Gasteiger charge is -2.37. The van der Waals surface area contributed by atoms with Crippen LogP contribution < -0.4 is 15.0 Å². The number of nitrogens with one attached hydrogen (secondary N) is 1. The van der Waals surface area contributed by atoms with E-state index in [1.807, 2.05) is 6.92 Å². The molecule has 1 saturated heterocycles. The number of benzene rings is 1. The summed E-state index contributed by atoms with van der Waals surface area (Å²) in [6.45, 7) is 4.22. The molecule has 1 aliphatic carbocycles. The number of aromatic nitrogens is 2. The van der Waals surface area contributed by atoms with Gasteiger partial charge < -0.3 is 19.7 Å². The number of rotatable bonds is 8. The molecule has 1 aromatic carbocycles. The van der Waals surface area contributed by atoms with E-state index in [1.165, 1.54) is 25.3 Å². The summed E-state index contributed by atoms with van der Waals surface area (Å²) in [6, 6.07) is 6.43. The van der Waals surface area contributed by atoms with Gasteiger partial charge in [-0.25, -0.2) is 9.37 Å². The first-order valence-corrected chi connectivity index (χ1v) is 10.5. The van der Waals surface area contributed by atoms with Crippen molar-refractivity contribution in [2.75, 3.05) is 29.9 Å². The Morgan fingerprint density at radius 3 is 2.79 bits per heavy atom. The molecule has 4 rings (SSSR count). The number of hydrogen-bond acceptors (Lipinski definition) is 6. The van der Waals surface area contributed by atoms with E-state index < -0.39 is 0 Å². The molecule has 2 aliphatic rings. The van der Waals surface area contributed by atoms with Gasteiger partial charge in [0.05, 0.1) is 31.1 Å². The van der Waals surface area contributed by atoms with Gasteiger partial charge in [0.25, 0.3) is 0 Å². The van der Waals surface area contributed by atoms with Crippen molar-refractivity contribution in [3.8, 4) is 5.75 Å². The maximum Gasteiger partial charge on any atom is 0.165 e. The van der Waals surface area contributed by atoms with Crippen molar-refractivity contribution in [1.29, 1.82) is 0 Å². The van der Waals surface area contributed by atoms with E-state index >= 15 is 0 Å². The summed E-state index contributed by atoms with van der Waals surface area (Å²) in [6.07, 6.45) is 9.92. The first kappa shape index (κ1) is 19.9. The van der Waals surface area contributed by atoms with Crippen LogP contribution in [0.4, 0.5) is 16.0 Å². The van der Waals surface area contributed by atoms with Crippen molar-refractivity contribution >= 4 is 11.6 Å². The number of nitrogens with zero attached hydrogens (tertiary/aromatic N) is 3. The van der Waals surface area contributed by atoms with E-state index in [2.05, 4.69) is 15.2 Å². The second-order valence-corrected chi connectivity index (χ2v) is 7.90. The van der Waals surface area contributed by atoms with Crippen LogP contribution in [0.5, 0.6) is 5.75 Å². The Balaban J connectivity index is 1.30. The van der Waals surface area contributed by atoms with E-state index in [1.54, 1.807) is 30.6 Å². The summed E-state index contributed by atoms with van der Waals surface area (Å²) >= 11 is 0. The monoisotopic (exact) mass is 400 g/mol. The van der Waals surface area contributed by atoms with Crippen molar-refractivity contribution in [3.63, 3.8) is 0 Å². The molecule has 29 heavy (non-hydrogen) atoms. The van der Waals surface area contributed by atoms with Gasteiger partial charge in [0, 0.05) is 13.1 Å². The molecule has 1 saturated carbocycles. The van der Waals surface area contributed by atoms with Gasteiger partial charge in [0.15, 0.2) is 11.6 Å². The third kappa shape index (κ3) is 5.35. The predicted octanol–water partition coefficient (Wildman–Crippen LogP) is 4.03. The van der Waals surface area contributed by atoms with Crippen LogP contribution in [0, 0.1) is 5.82 Å². The summed E-state index contributed by atoms with van der Waals surface area (Å²) in [7, 11) is 0. The lowest BCUT2D eigenvalue weighted by atomic mass is 9.95. The highest BCUT2D eigenvalue weighted by molar-refractivity contribution is 5.44. The summed E-state index contributed by atoms with van der Waals surface area (Å²) in [5.74, 6) is 1.45. The lowest BCUT2D eigenvalue weighted by Crippen LogP contribution is -2.42. The maximum absolute atomic E-state index is 13.7. The Morgan fingerprint density at radius 2 is 2.00 bits per heavy atom. The minimum absolute atomic E-state index is 0.215. The normalized spacial score (nSPS) is 20.8. The predicted molar refractivity (Wildman–Crippen MR) is 111 cm³/mol. The number of halogens is 1. The first-order valence-electron chi connectivity index (χ1n) is 10.5. The fourth-order valence-electron chi connectivity index (χ4n) is 3.68. The van der Waals surface area contributed by atoms with E-state index in [0.29, 0.717) is 18.5 Å². The Kier molecular flexibility index (Phi) is 6.44. The molecule has 1 N–H and O–H groups in total. The third-order valence-corrected chi connectivity index (χ3v) is 5.50. The van der Waals surface area contributed by atoms with Crippen LogP contribution in [-0.4, -0.2) is 47.9 Å². The molecular formula is C22H29FN4O2. The standard InChI is InChI=1S/C22H29FN4O2/c1-16(28-20-10-3-2-9-19(20)23)12-25-21-13-24-14-22(26-21)27-11-5-8-18(15-27)29-17-6-4-7-17/h2-3,9-10,13-14,16-18H,4-8,11-12,15H2,1H3,(H,25,26). The highest BCUT2D eigenvalue weighted by Gasteiger charge is 2.27. The van der Waals surface area contributed by atoms with Gasteiger partial charge in [0.2, 0.25) is 0 Å². The maximum atomic E-state index is 13.7. The van der Waals surface area contributed by atoms with E-state index in [-0.39, 0.29) is 23.8 Å². The highest BCUT2D eigenvalue weighted by Crippen LogP contribution is 2.27. The van der Waals surface area contributed by atoms with Crippen LogP contribution in [0.2, 0.25) is 0 Å². The van der Waals surface area contributed by atoms with Crippen LogP contribution in [0.3, 0.4) is 0 Å². The summed E-state index contributed by atoms with van der Waals surface area (Å²) in [5.41, 5.74) is 0. The molecule has 2 fully saturated rings. The van der Waals surface area contributed by atoms with Crippen molar-refractivity contribution in [2.45, 2.75) is 57.3 Å². The van der Waals surface area contributed by atoms with Gasteiger partial charge in [0.1, 0.15) is 17.7 Å². The van der Waals surface area contributed by atoms with Crippen LogP contribution in [0.25, 0.3) is 0 Å². The molecule has 1 aromatic heterocycles. The number of piperidine rings is 1. The molecule has 0 radical (unpaired) electrons. The van der Waals surface area contributed by atoms with Gasteiger partial charge in [-0.15, -0.1) is 0 Å². The van der Waals surface area contributed by atoms with Crippen molar-refractivity contribution in [3.05, 3.63) is 42.5 Å². The fourth-order valence-corrected chi connectivity index (χ4v) is 3.68.